The van der Waals surface area contributed by atoms with Gasteiger partial charge in [0.2, 0.25) is 0 Å². The van der Waals surface area contributed by atoms with Crippen LogP contribution in [-0.4, -0.2) is 59.0 Å². The van der Waals surface area contributed by atoms with Crippen molar-refractivity contribution in [3.8, 4) is 22.8 Å². The predicted molar refractivity (Wildman–Crippen MR) is 135 cm³/mol. The Balaban J connectivity index is 1.82. The van der Waals surface area contributed by atoms with Gasteiger partial charge in [0.15, 0.2) is 35.4 Å². The van der Waals surface area contributed by atoms with Crippen molar-refractivity contribution in [3.63, 3.8) is 0 Å². The number of hydrogen-bond donors (Lipinski definition) is 2. The second-order valence-corrected chi connectivity index (χ2v) is 9.27. The van der Waals surface area contributed by atoms with Gasteiger partial charge in [-0.3, -0.25) is 4.57 Å². The van der Waals surface area contributed by atoms with Crippen molar-refractivity contribution in [2.45, 2.75) is 44.8 Å². The highest BCUT2D eigenvalue weighted by molar-refractivity contribution is 6.30. The summed E-state index contributed by atoms with van der Waals surface area (Å²) in [5, 5.41) is 18.2. The Morgan fingerprint density at radius 3 is 2.33 bits per heavy atom. The molecule has 0 aliphatic carbocycles. The monoisotopic (exact) mass is 635 g/mol. The number of ether oxygens (including phenoxy) is 2. The number of hydrogen-bond acceptors (Lipinski definition) is 8. The van der Waals surface area contributed by atoms with Gasteiger partial charge in [-0.2, -0.15) is 13.2 Å². The minimum absolute atomic E-state index is 0.176. The number of carbonyl (C=O) groups excluding carboxylic acids is 1. The molecule has 0 spiro atoms. The number of aromatic nitrogens is 6. The molecule has 1 amide bonds. The van der Waals surface area contributed by atoms with Crippen LogP contribution in [0.1, 0.15) is 24.7 Å². The number of rotatable bonds is 9. The van der Waals surface area contributed by atoms with E-state index in [1.807, 2.05) is 0 Å². The molecule has 230 valence electrons. The minimum atomic E-state index is -5.09. The zero-order valence-corrected chi connectivity index (χ0v) is 22.4. The van der Waals surface area contributed by atoms with Gasteiger partial charge < -0.3 is 20.3 Å². The normalized spacial score (nSPS) is 13.5. The maximum Gasteiger partial charge on any atom is 0.573 e. The molecule has 0 fully saturated rings. The van der Waals surface area contributed by atoms with Gasteiger partial charge in [-0.1, -0.05) is 23.7 Å². The smallest absolute Gasteiger partial charge is 0.438 e. The van der Waals surface area contributed by atoms with E-state index in [4.69, 9.17) is 22.1 Å². The Kier molecular flexibility index (Phi) is 8.72. The van der Waals surface area contributed by atoms with Crippen LogP contribution in [0.15, 0.2) is 53.3 Å². The first kappa shape index (κ1) is 31.4. The summed E-state index contributed by atoms with van der Waals surface area (Å²) in [6.07, 6.45) is -15.6. The Labute approximate surface area is 241 Å². The van der Waals surface area contributed by atoms with Gasteiger partial charge in [0.25, 0.3) is 0 Å². The molecule has 0 radical (unpaired) electrons. The molecule has 4 aromatic rings. The second-order valence-electron chi connectivity index (χ2n) is 8.83. The predicted octanol–water partition coefficient (Wildman–Crippen LogP) is 3.97. The molecule has 43 heavy (non-hydrogen) atoms. The molecular weight excluding hydrogens is 616 g/mol. The number of aliphatic hydroxyl groups excluding tert-OH is 1. The third kappa shape index (κ3) is 7.44. The Bertz CT molecular complexity index is 1670. The van der Waals surface area contributed by atoms with Crippen molar-refractivity contribution in [3.05, 3.63) is 75.7 Å². The van der Waals surface area contributed by atoms with E-state index in [9.17, 15) is 41.0 Å². The summed E-state index contributed by atoms with van der Waals surface area (Å²) in [6, 6.07) is 10.4. The summed E-state index contributed by atoms with van der Waals surface area (Å²) in [7, 11) is 0. The first-order valence-electron chi connectivity index (χ1n) is 12.0. The number of alkyl halides is 6. The molecule has 4 rings (SSSR count). The average Bonchev–Trinajstić information content (AvgIpc) is 3.45. The van der Waals surface area contributed by atoms with Gasteiger partial charge in [-0.25, -0.2) is 23.9 Å². The Morgan fingerprint density at radius 2 is 1.72 bits per heavy atom. The van der Waals surface area contributed by atoms with Crippen molar-refractivity contribution in [1.29, 1.82) is 0 Å². The summed E-state index contributed by atoms with van der Waals surface area (Å²) < 4.78 is 89.8. The molecule has 0 aliphatic heterocycles. The van der Waals surface area contributed by atoms with E-state index in [0.29, 0.717) is 9.25 Å². The van der Waals surface area contributed by atoms with Gasteiger partial charge in [-0.15, -0.1) is 23.4 Å². The van der Waals surface area contributed by atoms with Gasteiger partial charge >= 0.3 is 24.3 Å². The van der Waals surface area contributed by atoms with E-state index in [1.165, 1.54) is 49.4 Å². The first-order chi connectivity index (χ1) is 20.0. The third-order valence-electron chi connectivity index (χ3n) is 5.70. The lowest BCUT2D eigenvalue weighted by molar-refractivity contribution is -0.274. The lowest BCUT2D eigenvalue weighted by Crippen LogP contribution is -2.37. The van der Waals surface area contributed by atoms with Gasteiger partial charge in [-0.05, 0) is 43.3 Å². The number of carbonyl (C=O) groups is 1. The molecule has 2 heterocycles. The molecule has 12 nitrogen and oxygen atoms in total. The summed E-state index contributed by atoms with van der Waals surface area (Å²) in [6.45, 7) is -0.528. The van der Waals surface area contributed by atoms with Gasteiger partial charge in [0, 0.05) is 10.6 Å². The van der Waals surface area contributed by atoms with E-state index in [0.717, 1.165) is 10.7 Å². The maximum atomic E-state index is 13.2. The van der Waals surface area contributed by atoms with Crippen molar-refractivity contribution in [2.75, 3.05) is 0 Å². The lowest BCUT2D eigenvalue weighted by atomic mass is 10.2. The van der Waals surface area contributed by atoms with Crippen LogP contribution >= 0.6 is 11.6 Å². The molecule has 2 aromatic carbocycles. The highest BCUT2D eigenvalue weighted by Gasteiger charge is 2.39. The lowest BCUT2D eigenvalue weighted by Gasteiger charge is -2.16. The van der Waals surface area contributed by atoms with Crippen molar-refractivity contribution >= 4 is 17.7 Å². The highest BCUT2D eigenvalue weighted by Crippen LogP contribution is 2.31. The number of aliphatic hydroxyl groups is 1. The number of halogens is 7. The molecule has 0 aliphatic rings. The fourth-order valence-corrected chi connectivity index (χ4v) is 4.00. The number of benzene rings is 2. The van der Waals surface area contributed by atoms with Crippen LogP contribution in [0.25, 0.3) is 17.1 Å². The molecule has 0 bridgehead atoms. The zero-order valence-electron chi connectivity index (χ0n) is 21.7. The average molecular weight is 636 g/mol. The van der Waals surface area contributed by atoms with Crippen LogP contribution in [0.2, 0.25) is 5.02 Å². The largest absolute Gasteiger partial charge is 0.573 e. The fraction of sp³-hybridized carbons (Fsp3) is 0.292. The first-order valence-corrected chi connectivity index (χ1v) is 12.4. The van der Waals surface area contributed by atoms with E-state index < -0.39 is 55.4 Å². The van der Waals surface area contributed by atoms with Crippen LogP contribution in [0.5, 0.6) is 5.75 Å². The van der Waals surface area contributed by atoms with Crippen molar-refractivity contribution in [1.82, 2.24) is 29.1 Å². The van der Waals surface area contributed by atoms with E-state index in [1.54, 1.807) is 0 Å². The molecule has 2 unspecified atom stereocenters. The topological polar surface area (TPSA) is 152 Å². The number of nitrogens with two attached hydrogens (primary N) is 1. The maximum absolute atomic E-state index is 13.2. The van der Waals surface area contributed by atoms with E-state index >= 15 is 0 Å². The Morgan fingerprint density at radius 1 is 1.07 bits per heavy atom. The minimum Gasteiger partial charge on any atom is -0.438 e. The second kappa shape index (κ2) is 12.0. The summed E-state index contributed by atoms with van der Waals surface area (Å²) in [5.41, 5.74) is 3.86. The van der Waals surface area contributed by atoms with Crippen molar-refractivity contribution in [2.24, 2.45) is 5.73 Å². The standard InChI is InChI=1S/C24H20ClF6N7O5/c1-12(42-21(32)40)19-33-18(34-38(19)15-4-2-3-5-16(15)43-24(29,30)31)11-37-22(41)36(10-17(39)23(26,27)28)20(35-37)13-6-8-14(25)9-7-13/h2-9,12,17,39H,10-11H2,1H3,(H2,32,40). The van der Waals surface area contributed by atoms with E-state index in [-0.39, 0.29) is 33.7 Å². The van der Waals surface area contributed by atoms with Crippen LogP contribution < -0.4 is 16.2 Å². The third-order valence-corrected chi connectivity index (χ3v) is 5.95. The number of nitrogens with zero attached hydrogens (tertiary/aromatic N) is 6. The van der Waals surface area contributed by atoms with Gasteiger partial charge in [0.05, 0.1) is 6.54 Å². The number of para-hydroxylation sites is 2. The Hall–Kier alpha value is -4.58. The molecule has 0 saturated heterocycles. The molecule has 0 saturated carbocycles. The molecule has 2 atom stereocenters. The van der Waals surface area contributed by atoms with Gasteiger partial charge in [0.1, 0.15) is 12.2 Å². The van der Waals surface area contributed by atoms with Crippen molar-refractivity contribution < 1.29 is 45.7 Å². The quantitative estimate of drug-likeness (QED) is 0.262. The fourth-order valence-electron chi connectivity index (χ4n) is 3.88. The van der Waals surface area contributed by atoms with E-state index in [2.05, 4.69) is 19.9 Å². The highest BCUT2D eigenvalue weighted by atomic mass is 35.5. The molecule has 19 heteroatoms. The molecule has 3 N–H and O–H groups in total. The zero-order chi connectivity index (χ0) is 31.7. The summed E-state index contributed by atoms with van der Waals surface area (Å²) in [4.78, 5) is 28.8. The molecular formula is C24H20ClF6N7O5. The number of primary amides is 1. The summed E-state index contributed by atoms with van der Waals surface area (Å²) >= 11 is 5.89. The summed E-state index contributed by atoms with van der Waals surface area (Å²) in [5.74, 6) is -1.49. The van der Waals surface area contributed by atoms with Crippen LogP contribution in [-0.2, 0) is 17.8 Å². The molecule has 2 aromatic heterocycles. The number of amides is 1. The van der Waals surface area contributed by atoms with Crippen LogP contribution in [0, 0.1) is 0 Å². The van der Waals surface area contributed by atoms with Crippen LogP contribution in [0.3, 0.4) is 0 Å². The SMILES string of the molecule is CC(OC(N)=O)c1nc(Cn2nc(-c3ccc(Cl)cc3)n(CC(O)C(F)(F)F)c2=O)nn1-c1ccccc1OC(F)(F)F. The van der Waals surface area contributed by atoms with Crippen LogP contribution in [0.4, 0.5) is 31.1 Å².